The summed E-state index contributed by atoms with van der Waals surface area (Å²) in [7, 11) is 1.93. The number of anilines is 1. The van der Waals surface area contributed by atoms with Crippen LogP contribution < -0.4 is 10.6 Å². The second kappa shape index (κ2) is 6.46. The molecule has 2 rings (SSSR count). The van der Waals surface area contributed by atoms with Gasteiger partial charge in [0.1, 0.15) is 5.82 Å². The highest BCUT2D eigenvalue weighted by Crippen LogP contribution is 2.30. The monoisotopic (exact) mass is 306 g/mol. The number of likely N-dealkylation sites (N-methyl/N-ethyl adjacent to an activating group) is 1. The Balaban J connectivity index is 2.40. The van der Waals surface area contributed by atoms with Crippen molar-refractivity contribution in [3.8, 4) is 0 Å². The molecule has 0 aliphatic rings. The van der Waals surface area contributed by atoms with Crippen LogP contribution in [0.3, 0.4) is 0 Å². The predicted molar refractivity (Wildman–Crippen MR) is 87.5 cm³/mol. The zero-order valence-electron chi connectivity index (χ0n) is 12.5. The lowest BCUT2D eigenvalue weighted by Crippen LogP contribution is -2.31. The first-order valence-corrected chi connectivity index (χ1v) is 7.27. The first-order chi connectivity index (χ1) is 9.93. The van der Waals surface area contributed by atoms with Crippen LogP contribution in [0.5, 0.6) is 0 Å². The van der Waals surface area contributed by atoms with E-state index in [0.29, 0.717) is 17.1 Å². The zero-order valence-corrected chi connectivity index (χ0v) is 13.3. The van der Waals surface area contributed by atoms with E-state index < -0.39 is 0 Å². The van der Waals surface area contributed by atoms with E-state index in [9.17, 15) is 4.39 Å². The number of benzene rings is 2. The molecule has 0 heterocycles. The number of hydrogen-bond acceptors (Lipinski definition) is 2. The van der Waals surface area contributed by atoms with Gasteiger partial charge in [0.15, 0.2) is 0 Å². The van der Waals surface area contributed by atoms with Gasteiger partial charge in [0.25, 0.3) is 0 Å². The third kappa shape index (κ3) is 3.36. The molecule has 0 amide bonds. The smallest absolute Gasteiger partial charge is 0.130 e. The molecule has 21 heavy (non-hydrogen) atoms. The van der Waals surface area contributed by atoms with Crippen LogP contribution in [0, 0.1) is 19.7 Å². The van der Waals surface area contributed by atoms with Crippen LogP contribution in [0.1, 0.15) is 22.7 Å². The molecule has 2 N–H and O–H groups in total. The van der Waals surface area contributed by atoms with Crippen molar-refractivity contribution in [3.63, 3.8) is 0 Å². The average molecular weight is 307 g/mol. The fourth-order valence-electron chi connectivity index (χ4n) is 2.63. The molecule has 112 valence electrons. The van der Waals surface area contributed by atoms with E-state index >= 15 is 0 Å². The first-order valence-electron chi connectivity index (χ1n) is 6.89. The van der Waals surface area contributed by atoms with Crippen LogP contribution in [-0.4, -0.2) is 13.6 Å². The standard InChI is InChI=1S/C17H20ClFN2/c1-11-4-7-16(12(2)8-11)21(3)17(10-20)14-6-5-13(18)9-15(14)19/h4-9,17H,10,20H2,1-3H3. The molecule has 2 aromatic carbocycles. The molecule has 0 saturated carbocycles. The van der Waals surface area contributed by atoms with Crippen LogP contribution >= 0.6 is 11.6 Å². The van der Waals surface area contributed by atoms with Crippen LogP contribution in [0.15, 0.2) is 36.4 Å². The number of hydrogen-bond donors (Lipinski definition) is 1. The molecule has 1 atom stereocenters. The van der Waals surface area contributed by atoms with Crippen LogP contribution in [0.4, 0.5) is 10.1 Å². The molecule has 0 fully saturated rings. The van der Waals surface area contributed by atoms with Gasteiger partial charge in [0, 0.05) is 29.9 Å². The van der Waals surface area contributed by atoms with Crippen molar-refractivity contribution in [2.45, 2.75) is 19.9 Å². The Morgan fingerprint density at radius 1 is 1.19 bits per heavy atom. The van der Waals surface area contributed by atoms with Gasteiger partial charge in [0.05, 0.1) is 6.04 Å². The second-order valence-electron chi connectivity index (χ2n) is 5.32. The van der Waals surface area contributed by atoms with E-state index in [1.165, 1.54) is 11.6 Å². The third-order valence-corrected chi connectivity index (χ3v) is 3.98. The summed E-state index contributed by atoms with van der Waals surface area (Å²) in [4.78, 5) is 2.01. The normalized spacial score (nSPS) is 12.3. The van der Waals surface area contributed by atoms with Crippen molar-refractivity contribution >= 4 is 17.3 Å². The van der Waals surface area contributed by atoms with Gasteiger partial charge >= 0.3 is 0 Å². The van der Waals surface area contributed by atoms with E-state index in [1.54, 1.807) is 12.1 Å². The fourth-order valence-corrected chi connectivity index (χ4v) is 2.79. The number of halogens is 2. The molecule has 4 heteroatoms. The summed E-state index contributed by atoms with van der Waals surface area (Å²) < 4.78 is 14.2. The molecule has 0 aliphatic heterocycles. The van der Waals surface area contributed by atoms with Crippen molar-refractivity contribution in [2.24, 2.45) is 5.73 Å². The summed E-state index contributed by atoms with van der Waals surface area (Å²) in [5, 5.41) is 0.390. The highest BCUT2D eigenvalue weighted by Gasteiger charge is 2.20. The number of aryl methyl sites for hydroxylation is 2. The minimum absolute atomic E-state index is 0.233. The van der Waals surface area contributed by atoms with Gasteiger partial charge in [-0.15, -0.1) is 0 Å². The molecular weight excluding hydrogens is 287 g/mol. The Morgan fingerprint density at radius 2 is 1.90 bits per heavy atom. The zero-order chi connectivity index (χ0) is 15.6. The maximum atomic E-state index is 14.2. The van der Waals surface area contributed by atoms with Gasteiger partial charge in [-0.2, -0.15) is 0 Å². The maximum Gasteiger partial charge on any atom is 0.130 e. The number of nitrogens with zero attached hydrogens (tertiary/aromatic N) is 1. The lowest BCUT2D eigenvalue weighted by molar-refractivity contribution is 0.572. The average Bonchev–Trinajstić information content (AvgIpc) is 2.41. The largest absolute Gasteiger partial charge is 0.366 e. The Bertz CT molecular complexity index is 643. The SMILES string of the molecule is Cc1ccc(N(C)C(CN)c2ccc(Cl)cc2F)c(C)c1. The summed E-state index contributed by atoms with van der Waals surface area (Å²) in [6.45, 7) is 4.42. The van der Waals surface area contributed by atoms with E-state index in [4.69, 9.17) is 17.3 Å². The Labute approximate surface area is 130 Å². The minimum Gasteiger partial charge on any atom is -0.366 e. The topological polar surface area (TPSA) is 29.3 Å². The van der Waals surface area contributed by atoms with Gasteiger partial charge in [-0.1, -0.05) is 35.4 Å². The number of rotatable bonds is 4. The summed E-state index contributed by atoms with van der Waals surface area (Å²) in [5.74, 6) is -0.324. The van der Waals surface area contributed by atoms with Crippen molar-refractivity contribution < 1.29 is 4.39 Å². The highest BCUT2D eigenvalue weighted by molar-refractivity contribution is 6.30. The van der Waals surface area contributed by atoms with Gasteiger partial charge in [-0.05, 0) is 37.6 Å². The molecule has 2 aromatic rings. The first kappa shape index (κ1) is 15.8. The van der Waals surface area contributed by atoms with E-state index in [-0.39, 0.29) is 11.9 Å². The third-order valence-electron chi connectivity index (χ3n) is 3.74. The van der Waals surface area contributed by atoms with Gasteiger partial charge in [0.2, 0.25) is 0 Å². The summed E-state index contributed by atoms with van der Waals surface area (Å²) in [6.07, 6.45) is 0. The van der Waals surface area contributed by atoms with Gasteiger partial charge in [-0.25, -0.2) is 4.39 Å². The Morgan fingerprint density at radius 3 is 2.48 bits per heavy atom. The highest BCUT2D eigenvalue weighted by atomic mass is 35.5. The van der Waals surface area contributed by atoms with Crippen LogP contribution in [-0.2, 0) is 0 Å². The molecule has 0 spiro atoms. The van der Waals surface area contributed by atoms with Crippen LogP contribution in [0.2, 0.25) is 5.02 Å². The van der Waals surface area contributed by atoms with Crippen molar-refractivity contribution in [2.75, 3.05) is 18.5 Å². The van der Waals surface area contributed by atoms with E-state index in [1.807, 2.05) is 31.0 Å². The second-order valence-corrected chi connectivity index (χ2v) is 5.75. The lowest BCUT2D eigenvalue weighted by Gasteiger charge is -2.31. The predicted octanol–water partition coefficient (Wildman–Crippen LogP) is 4.23. The molecule has 0 aromatic heterocycles. The van der Waals surface area contributed by atoms with Crippen LogP contribution in [0.25, 0.3) is 0 Å². The molecule has 0 bridgehead atoms. The van der Waals surface area contributed by atoms with Crippen molar-refractivity contribution in [1.29, 1.82) is 0 Å². The quantitative estimate of drug-likeness (QED) is 0.916. The molecule has 1 unspecified atom stereocenters. The summed E-state index contributed by atoms with van der Waals surface area (Å²) in [6, 6.07) is 10.7. The Kier molecular flexibility index (Phi) is 4.86. The van der Waals surface area contributed by atoms with E-state index in [0.717, 1.165) is 11.3 Å². The summed E-state index contributed by atoms with van der Waals surface area (Å²) in [5.41, 5.74) is 9.84. The molecule has 2 nitrogen and oxygen atoms in total. The molecular formula is C17H20ClFN2. The Hall–Kier alpha value is -1.58. The minimum atomic E-state index is -0.324. The maximum absolute atomic E-state index is 14.2. The van der Waals surface area contributed by atoms with Gasteiger partial charge in [-0.3, -0.25) is 0 Å². The van der Waals surface area contributed by atoms with Crippen molar-refractivity contribution in [3.05, 3.63) is 63.9 Å². The summed E-state index contributed by atoms with van der Waals surface area (Å²) >= 11 is 5.82. The molecule has 0 aliphatic carbocycles. The molecule has 0 radical (unpaired) electrons. The van der Waals surface area contributed by atoms with Gasteiger partial charge < -0.3 is 10.6 Å². The fraction of sp³-hybridized carbons (Fsp3) is 0.294. The molecule has 0 saturated heterocycles. The number of nitrogens with two attached hydrogens (primary N) is 1. The van der Waals surface area contributed by atoms with E-state index in [2.05, 4.69) is 13.0 Å². The van der Waals surface area contributed by atoms with Crippen molar-refractivity contribution in [1.82, 2.24) is 0 Å². The lowest BCUT2D eigenvalue weighted by atomic mass is 10.0.